The highest BCUT2D eigenvalue weighted by molar-refractivity contribution is 6.30. The number of nitrogens with zero attached hydrogens (tertiary/aromatic N) is 3. The van der Waals surface area contributed by atoms with Gasteiger partial charge in [0, 0.05) is 19.2 Å². The first-order chi connectivity index (χ1) is 11.6. The number of hydrogen-bond acceptors (Lipinski definition) is 2. The molecule has 1 amide bonds. The van der Waals surface area contributed by atoms with Crippen LogP contribution in [0, 0.1) is 6.92 Å². The Morgan fingerprint density at radius 1 is 1.29 bits per heavy atom. The van der Waals surface area contributed by atoms with Gasteiger partial charge in [-0.25, -0.2) is 0 Å². The molecule has 1 aliphatic carbocycles. The Morgan fingerprint density at radius 2 is 2.08 bits per heavy atom. The molecule has 2 atom stereocenters. The van der Waals surface area contributed by atoms with Gasteiger partial charge in [0.25, 0.3) is 0 Å². The lowest BCUT2D eigenvalue weighted by molar-refractivity contribution is -0.133. The summed E-state index contributed by atoms with van der Waals surface area (Å²) in [7, 11) is 1.85. The number of rotatable bonds is 2. The minimum Gasteiger partial charge on any atom is -0.335 e. The monoisotopic (exact) mass is 343 g/mol. The summed E-state index contributed by atoms with van der Waals surface area (Å²) >= 11 is 6.47. The van der Waals surface area contributed by atoms with Gasteiger partial charge in [-0.05, 0) is 43.7 Å². The first-order valence-electron chi connectivity index (χ1n) is 8.65. The smallest absolute Gasteiger partial charge is 0.230 e. The first kappa shape index (κ1) is 15.7. The maximum absolute atomic E-state index is 13.3. The normalized spacial score (nSPS) is 22.9. The summed E-state index contributed by atoms with van der Waals surface area (Å²) in [6.45, 7) is 2.79. The van der Waals surface area contributed by atoms with E-state index < -0.39 is 0 Å². The standard InChI is InChI=1S/C19H22ClN3O/c1-12-17(18(20)22(2)21-12)16-8-5-11-23(16)19(24)15-10-9-13-6-3-4-7-14(13)15/h3-4,6-7,15-16H,5,8-11H2,1-2H3/t15-,16+/m1/s1. The average molecular weight is 344 g/mol. The van der Waals surface area contributed by atoms with Gasteiger partial charge in [0.1, 0.15) is 5.15 Å². The SMILES string of the molecule is Cc1nn(C)c(Cl)c1[C@@H]1CCCN1C(=O)[C@@H]1CCc2ccccc21. The van der Waals surface area contributed by atoms with Crippen molar-refractivity contribution in [2.75, 3.05) is 6.54 Å². The first-order valence-corrected chi connectivity index (χ1v) is 9.03. The minimum absolute atomic E-state index is 0.00227. The summed E-state index contributed by atoms with van der Waals surface area (Å²) in [4.78, 5) is 15.3. The van der Waals surface area contributed by atoms with E-state index >= 15 is 0 Å². The highest BCUT2D eigenvalue weighted by Crippen LogP contribution is 2.41. The van der Waals surface area contributed by atoms with Crippen molar-refractivity contribution in [2.45, 2.75) is 44.6 Å². The fourth-order valence-corrected chi connectivity index (χ4v) is 4.67. The van der Waals surface area contributed by atoms with Crippen molar-refractivity contribution in [1.82, 2.24) is 14.7 Å². The van der Waals surface area contributed by atoms with Crippen molar-refractivity contribution < 1.29 is 4.79 Å². The minimum atomic E-state index is -0.00227. The molecular weight excluding hydrogens is 322 g/mol. The Labute approximate surface area is 147 Å². The number of likely N-dealkylation sites (tertiary alicyclic amines) is 1. The fraction of sp³-hybridized carbons (Fsp3) is 0.474. The van der Waals surface area contributed by atoms with Crippen LogP contribution < -0.4 is 0 Å². The largest absolute Gasteiger partial charge is 0.335 e. The number of amides is 1. The van der Waals surface area contributed by atoms with E-state index in [0.29, 0.717) is 5.15 Å². The molecule has 0 unspecified atom stereocenters. The van der Waals surface area contributed by atoms with Crippen LogP contribution in [0.5, 0.6) is 0 Å². The van der Waals surface area contributed by atoms with Crippen LogP contribution in [0.15, 0.2) is 24.3 Å². The second kappa shape index (κ2) is 5.92. The fourth-order valence-electron chi connectivity index (χ4n) is 4.37. The molecule has 1 aromatic carbocycles. The molecule has 0 radical (unpaired) electrons. The number of benzene rings is 1. The number of carbonyl (C=O) groups is 1. The number of fused-ring (bicyclic) bond motifs is 1. The predicted molar refractivity (Wildman–Crippen MR) is 94.1 cm³/mol. The van der Waals surface area contributed by atoms with Crippen LogP contribution in [0.1, 0.15) is 53.6 Å². The second-order valence-electron chi connectivity index (χ2n) is 6.89. The van der Waals surface area contributed by atoms with Crippen molar-refractivity contribution in [1.29, 1.82) is 0 Å². The van der Waals surface area contributed by atoms with E-state index in [-0.39, 0.29) is 17.9 Å². The summed E-state index contributed by atoms with van der Waals surface area (Å²) in [6, 6.07) is 8.41. The molecule has 1 aliphatic heterocycles. The van der Waals surface area contributed by atoms with Gasteiger partial charge in [0.2, 0.25) is 5.91 Å². The highest BCUT2D eigenvalue weighted by atomic mass is 35.5. The van der Waals surface area contributed by atoms with Gasteiger partial charge in [-0.15, -0.1) is 0 Å². The third-order valence-electron chi connectivity index (χ3n) is 5.50. The van der Waals surface area contributed by atoms with Gasteiger partial charge in [0.15, 0.2) is 0 Å². The van der Waals surface area contributed by atoms with Crippen LogP contribution in [-0.2, 0) is 18.3 Å². The van der Waals surface area contributed by atoms with Crippen LogP contribution in [-0.4, -0.2) is 27.1 Å². The molecule has 2 heterocycles. The van der Waals surface area contributed by atoms with E-state index in [1.54, 1.807) is 4.68 Å². The molecule has 126 valence electrons. The Bertz CT molecular complexity index is 798. The molecule has 1 aromatic heterocycles. The molecule has 1 fully saturated rings. The average Bonchev–Trinajstić information content (AvgIpc) is 3.26. The van der Waals surface area contributed by atoms with Gasteiger partial charge in [-0.2, -0.15) is 5.10 Å². The summed E-state index contributed by atoms with van der Waals surface area (Å²) in [5, 5.41) is 5.09. The van der Waals surface area contributed by atoms with E-state index in [0.717, 1.165) is 43.5 Å². The topological polar surface area (TPSA) is 38.1 Å². The maximum atomic E-state index is 13.3. The molecule has 0 N–H and O–H groups in total. The van der Waals surface area contributed by atoms with Gasteiger partial charge < -0.3 is 4.90 Å². The molecule has 4 nitrogen and oxygen atoms in total. The molecule has 24 heavy (non-hydrogen) atoms. The Hall–Kier alpha value is -1.81. The number of halogens is 1. The van der Waals surface area contributed by atoms with Gasteiger partial charge >= 0.3 is 0 Å². The molecule has 2 aromatic rings. The summed E-state index contributed by atoms with van der Waals surface area (Å²) in [6.07, 6.45) is 3.90. The zero-order valence-electron chi connectivity index (χ0n) is 14.1. The molecule has 1 saturated heterocycles. The predicted octanol–water partition coefficient (Wildman–Crippen LogP) is 3.78. The van der Waals surface area contributed by atoms with E-state index in [2.05, 4.69) is 23.3 Å². The van der Waals surface area contributed by atoms with E-state index in [4.69, 9.17) is 11.6 Å². The van der Waals surface area contributed by atoms with Crippen molar-refractivity contribution in [3.05, 3.63) is 51.8 Å². The Balaban J connectivity index is 1.65. The molecule has 4 rings (SSSR count). The summed E-state index contributed by atoms with van der Waals surface area (Å²) in [5.74, 6) is 0.249. The number of hydrogen-bond donors (Lipinski definition) is 0. The van der Waals surface area contributed by atoms with E-state index in [1.807, 2.05) is 24.9 Å². The lowest BCUT2D eigenvalue weighted by atomic mass is 9.98. The Kier molecular flexibility index (Phi) is 3.87. The van der Waals surface area contributed by atoms with Crippen LogP contribution >= 0.6 is 11.6 Å². The van der Waals surface area contributed by atoms with Gasteiger partial charge in [-0.3, -0.25) is 9.48 Å². The molecule has 0 bridgehead atoms. The highest BCUT2D eigenvalue weighted by Gasteiger charge is 2.39. The van der Waals surface area contributed by atoms with Gasteiger partial charge in [0.05, 0.1) is 17.7 Å². The Morgan fingerprint density at radius 3 is 2.83 bits per heavy atom. The van der Waals surface area contributed by atoms with Crippen LogP contribution in [0.25, 0.3) is 0 Å². The maximum Gasteiger partial charge on any atom is 0.230 e. The third-order valence-corrected chi connectivity index (χ3v) is 5.94. The second-order valence-corrected chi connectivity index (χ2v) is 7.25. The van der Waals surface area contributed by atoms with Crippen molar-refractivity contribution in [3.63, 3.8) is 0 Å². The number of carbonyl (C=O) groups excluding carboxylic acids is 1. The van der Waals surface area contributed by atoms with Crippen LogP contribution in [0.3, 0.4) is 0 Å². The summed E-state index contributed by atoms with van der Waals surface area (Å²) < 4.78 is 1.71. The lowest BCUT2D eigenvalue weighted by Crippen LogP contribution is -2.34. The molecule has 2 aliphatic rings. The summed E-state index contributed by atoms with van der Waals surface area (Å²) in [5.41, 5.74) is 4.49. The number of aryl methyl sites for hydroxylation is 3. The van der Waals surface area contributed by atoms with Crippen LogP contribution in [0.4, 0.5) is 0 Å². The number of aromatic nitrogens is 2. The zero-order chi connectivity index (χ0) is 16.8. The van der Waals surface area contributed by atoms with E-state index in [9.17, 15) is 4.79 Å². The molecular formula is C19H22ClN3O. The van der Waals surface area contributed by atoms with E-state index in [1.165, 1.54) is 11.1 Å². The molecule has 5 heteroatoms. The molecule has 0 saturated carbocycles. The lowest BCUT2D eigenvalue weighted by Gasteiger charge is -2.28. The zero-order valence-corrected chi connectivity index (χ0v) is 14.9. The molecule has 0 spiro atoms. The van der Waals surface area contributed by atoms with Crippen LogP contribution in [0.2, 0.25) is 5.15 Å². The quantitative estimate of drug-likeness (QED) is 0.832. The van der Waals surface area contributed by atoms with Crippen molar-refractivity contribution in [3.8, 4) is 0 Å². The third kappa shape index (κ3) is 2.35. The van der Waals surface area contributed by atoms with Crippen molar-refractivity contribution >= 4 is 17.5 Å². The van der Waals surface area contributed by atoms with Crippen molar-refractivity contribution in [2.24, 2.45) is 7.05 Å². The van der Waals surface area contributed by atoms with Gasteiger partial charge in [-0.1, -0.05) is 35.9 Å².